The number of carbonyl (C=O) groups is 1. The van der Waals surface area contributed by atoms with Gasteiger partial charge in [-0.25, -0.2) is 4.98 Å². The van der Waals surface area contributed by atoms with Gasteiger partial charge in [-0.2, -0.15) is 5.26 Å². The first-order chi connectivity index (χ1) is 6.69. The molecule has 0 atom stereocenters. The van der Waals surface area contributed by atoms with E-state index in [9.17, 15) is 4.79 Å². The maximum Gasteiger partial charge on any atom is 0.178 e. The molecule has 1 aromatic rings. The van der Waals surface area contributed by atoms with Crippen LogP contribution in [-0.2, 0) is 6.42 Å². The molecule has 14 heavy (non-hydrogen) atoms. The minimum Gasteiger partial charge on any atom is -0.338 e. The maximum absolute atomic E-state index is 11.1. The van der Waals surface area contributed by atoms with E-state index in [1.165, 1.54) is 6.92 Å². The molecule has 1 heterocycles. The quantitative estimate of drug-likeness (QED) is 0.738. The SMILES string of the molecule is CCCCc1nc(C#N)c(C(C)=O)[nH]1. The summed E-state index contributed by atoms with van der Waals surface area (Å²) in [6, 6.07) is 1.91. The third-order valence-corrected chi connectivity index (χ3v) is 1.98. The summed E-state index contributed by atoms with van der Waals surface area (Å²) >= 11 is 0. The number of carbonyl (C=O) groups excluding carboxylic acids is 1. The van der Waals surface area contributed by atoms with Gasteiger partial charge in [0, 0.05) is 13.3 Å². The number of nitriles is 1. The summed E-state index contributed by atoms with van der Waals surface area (Å²) in [7, 11) is 0. The molecule has 0 saturated heterocycles. The van der Waals surface area contributed by atoms with E-state index in [1.54, 1.807) is 0 Å². The highest BCUT2D eigenvalue weighted by atomic mass is 16.1. The zero-order valence-corrected chi connectivity index (χ0v) is 8.42. The lowest BCUT2D eigenvalue weighted by atomic mass is 10.2. The number of H-pyrrole nitrogens is 1. The summed E-state index contributed by atoms with van der Waals surface area (Å²) in [5, 5.41) is 8.72. The van der Waals surface area contributed by atoms with Gasteiger partial charge in [0.05, 0.1) is 0 Å². The number of ketones is 1. The van der Waals surface area contributed by atoms with Crippen molar-refractivity contribution in [3.05, 3.63) is 17.2 Å². The molecule has 4 heteroatoms. The van der Waals surface area contributed by atoms with Crippen LogP contribution in [0.25, 0.3) is 0 Å². The smallest absolute Gasteiger partial charge is 0.178 e. The Bertz CT molecular complexity index is 373. The molecule has 0 aliphatic carbocycles. The number of Topliss-reactive ketones (excluding diaryl/α,β-unsaturated/α-hetero) is 1. The predicted octanol–water partition coefficient (Wildman–Crippen LogP) is 1.83. The third-order valence-electron chi connectivity index (χ3n) is 1.98. The van der Waals surface area contributed by atoms with E-state index >= 15 is 0 Å². The molecule has 1 rings (SSSR count). The van der Waals surface area contributed by atoms with Gasteiger partial charge in [0.15, 0.2) is 11.5 Å². The number of nitrogens with zero attached hydrogens (tertiary/aromatic N) is 2. The minimum atomic E-state index is -0.142. The van der Waals surface area contributed by atoms with Crippen LogP contribution in [-0.4, -0.2) is 15.8 Å². The van der Waals surface area contributed by atoms with Crippen LogP contribution in [0.4, 0.5) is 0 Å². The fraction of sp³-hybridized carbons (Fsp3) is 0.500. The molecule has 74 valence electrons. The molecule has 0 aromatic carbocycles. The fourth-order valence-electron chi connectivity index (χ4n) is 1.22. The molecule has 0 bridgehead atoms. The Balaban J connectivity index is 2.91. The summed E-state index contributed by atoms with van der Waals surface area (Å²) in [6.45, 7) is 3.51. The van der Waals surface area contributed by atoms with Crippen molar-refractivity contribution in [2.45, 2.75) is 33.1 Å². The Hall–Kier alpha value is -1.63. The van der Waals surface area contributed by atoms with Crippen molar-refractivity contribution in [1.29, 1.82) is 5.26 Å². The number of imidazole rings is 1. The van der Waals surface area contributed by atoms with Crippen LogP contribution < -0.4 is 0 Å². The first-order valence-electron chi connectivity index (χ1n) is 4.69. The lowest BCUT2D eigenvalue weighted by Crippen LogP contribution is -1.95. The molecule has 0 amide bonds. The lowest BCUT2D eigenvalue weighted by Gasteiger charge is -1.91. The van der Waals surface area contributed by atoms with Gasteiger partial charge in [0.1, 0.15) is 17.6 Å². The normalized spacial score (nSPS) is 9.79. The second-order valence-corrected chi connectivity index (χ2v) is 3.18. The molecular weight excluding hydrogens is 178 g/mol. The van der Waals surface area contributed by atoms with Gasteiger partial charge in [-0.15, -0.1) is 0 Å². The molecule has 0 spiro atoms. The Morgan fingerprint density at radius 1 is 1.64 bits per heavy atom. The summed E-state index contributed by atoms with van der Waals surface area (Å²) in [5.41, 5.74) is 0.544. The topological polar surface area (TPSA) is 69.5 Å². The summed E-state index contributed by atoms with van der Waals surface area (Å²) < 4.78 is 0. The largest absolute Gasteiger partial charge is 0.338 e. The van der Waals surface area contributed by atoms with Crippen LogP contribution in [0.3, 0.4) is 0 Å². The van der Waals surface area contributed by atoms with Crippen molar-refractivity contribution in [2.24, 2.45) is 0 Å². The van der Waals surface area contributed by atoms with Gasteiger partial charge in [-0.1, -0.05) is 13.3 Å². The van der Waals surface area contributed by atoms with Crippen molar-refractivity contribution >= 4 is 5.78 Å². The molecule has 0 aliphatic rings. The maximum atomic E-state index is 11.1. The zero-order valence-electron chi connectivity index (χ0n) is 8.42. The Labute approximate surface area is 83.0 Å². The minimum absolute atomic E-state index is 0.142. The van der Waals surface area contributed by atoms with Gasteiger partial charge in [-0.3, -0.25) is 4.79 Å². The summed E-state index contributed by atoms with van der Waals surface area (Å²) in [5.74, 6) is 0.588. The number of aryl methyl sites for hydroxylation is 1. The number of rotatable bonds is 4. The molecule has 4 nitrogen and oxygen atoms in total. The average molecular weight is 191 g/mol. The van der Waals surface area contributed by atoms with Gasteiger partial charge >= 0.3 is 0 Å². The van der Waals surface area contributed by atoms with Crippen molar-refractivity contribution in [2.75, 3.05) is 0 Å². The molecule has 1 N–H and O–H groups in total. The highest BCUT2D eigenvalue weighted by Gasteiger charge is 2.12. The zero-order chi connectivity index (χ0) is 10.6. The predicted molar refractivity (Wildman–Crippen MR) is 51.9 cm³/mol. The summed E-state index contributed by atoms with van der Waals surface area (Å²) in [6.07, 6.45) is 2.87. The lowest BCUT2D eigenvalue weighted by molar-refractivity contribution is 0.101. The molecule has 0 unspecified atom stereocenters. The molecule has 0 saturated carbocycles. The van der Waals surface area contributed by atoms with Crippen molar-refractivity contribution in [1.82, 2.24) is 9.97 Å². The van der Waals surface area contributed by atoms with Crippen molar-refractivity contribution < 1.29 is 4.79 Å². The number of hydrogen-bond acceptors (Lipinski definition) is 3. The van der Waals surface area contributed by atoms with Crippen LogP contribution in [0.1, 0.15) is 48.7 Å². The first-order valence-corrected chi connectivity index (χ1v) is 4.69. The first kappa shape index (κ1) is 10.5. The van der Waals surface area contributed by atoms with Gasteiger partial charge in [0.2, 0.25) is 0 Å². The van der Waals surface area contributed by atoms with Crippen molar-refractivity contribution in [3.63, 3.8) is 0 Å². The average Bonchev–Trinajstić information content (AvgIpc) is 2.57. The monoisotopic (exact) mass is 191 g/mol. The Morgan fingerprint density at radius 3 is 2.79 bits per heavy atom. The van der Waals surface area contributed by atoms with Crippen LogP contribution in [0, 0.1) is 11.3 Å². The van der Waals surface area contributed by atoms with E-state index < -0.39 is 0 Å². The third kappa shape index (κ3) is 2.19. The van der Waals surface area contributed by atoms with E-state index in [0.717, 1.165) is 25.1 Å². The van der Waals surface area contributed by atoms with Gasteiger partial charge in [-0.05, 0) is 6.42 Å². The van der Waals surface area contributed by atoms with E-state index in [1.807, 2.05) is 6.07 Å². The number of hydrogen-bond donors (Lipinski definition) is 1. The van der Waals surface area contributed by atoms with Crippen LogP contribution in [0.15, 0.2) is 0 Å². The number of unbranched alkanes of at least 4 members (excludes halogenated alkanes) is 1. The second kappa shape index (κ2) is 4.56. The molecular formula is C10H13N3O. The van der Waals surface area contributed by atoms with Gasteiger partial charge < -0.3 is 4.98 Å². The highest BCUT2D eigenvalue weighted by molar-refractivity contribution is 5.94. The number of nitrogens with one attached hydrogen (secondary N) is 1. The molecule has 0 radical (unpaired) electrons. The van der Waals surface area contributed by atoms with E-state index in [-0.39, 0.29) is 11.5 Å². The molecule has 0 fully saturated rings. The van der Waals surface area contributed by atoms with Crippen molar-refractivity contribution in [3.8, 4) is 6.07 Å². The van der Waals surface area contributed by atoms with E-state index in [0.29, 0.717) is 5.69 Å². The molecule has 0 aliphatic heterocycles. The van der Waals surface area contributed by atoms with E-state index in [4.69, 9.17) is 5.26 Å². The van der Waals surface area contributed by atoms with Crippen LogP contribution in [0.2, 0.25) is 0 Å². The standard InChI is InChI=1S/C10H13N3O/c1-3-4-5-9-12-8(6-11)10(13-9)7(2)14/h3-5H2,1-2H3,(H,12,13). The van der Waals surface area contributed by atoms with Gasteiger partial charge in [0.25, 0.3) is 0 Å². The van der Waals surface area contributed by atoms with Crippen LogP contribution >= 0.6 is 0 Å². The highest BCUT2D eigenvalue weighted by Crippen LogP contribution is 2.08. The number of aromatic amines is 1. The Morgan fingerprint density at radius 2 is 2.36 bits per heavy atom. The Kier molecular flexibility index (Phi) is 3.41. The fourth-order valence-corrected chi connectivity index (χ4v) is 1.22. The second-order valence-electron chi connectivity index (χ2n) is 3.18. The number of aromatic nitrogens is 2. The molecule has 1 aromatic heterocycles. The van der Waals surface area contributed by atoms with Crippen LogP contribution in [0.5, 0.6) is 0 Å². The summed E-state index contributed by atoms with van der Waals surface area (Å²) in [4.78, 5) is 18.0. The van der Waals surface area contributed by atoms with E-state index in [2.05, 4.69) is 16.9 Å².